The number of nitrogens with zero attached hydrogens (tertiary/aromatic N) is 2. The number of pyridine rings is 1. The van der Waals surface area contributed by atoms with Gasteiger partial charge in [0.1, 0.15) is 22.2 Å². The Morgan fingerprint density at radius 2 is 1.79 bits per heavy atom. The second-order valence-electron chi connectivity index (χ2n) is 6.31. The Balaban J connectivity index is 1.62. The van der Waals surface area contributed by atoms with Crippen molar-refractivity contribution in [2.45, 2.75) is 11.8 Å². The van der Waals surface area contributed by atoms with Crippen molar-refractivity contribution in [3.05, 3.63) is 84.2 Å². The molecule has 5 nitrogen and oxygen atoms in total. The first-order valence-corrected chi connectivity index (χ1v) is 9.84. The number of fused-ring (bicyclic) bond motifs is 1. The number of imidazole rings is 1. The van der Waals surface area contributed by atoms with Crippen LogP contribution in [0.1, 0.15) is 5.56 Å². The van der Waals surface area contributed by atoms with Gasteiger partial charge < -0.3 is 4.40 Å². The largest absolute Gasteiger partial charge is 0.306 e. The van der Waals surface area contributed by atoms with Crippen molar-refractivity contribution in [1.82, 2.24) is 9.38 Å². The number of hydrogen-bond acceptors (Lipinski definition) is 3. The maximum Gasteiger partial charge on any atom is 0.264 e. The van der Waals surface area contributed by atoms with Gasteiger partial charge in [-0.1, -0.05) is 18.2 Å². The normalized spacial score (nSPS) is 11.7. The molecule has 2 aromatic heterocycles. The quantitative estimate of drug-likeness (QED) is 0.554. The minimum atomic E-state index is -4.25. The molecule has 0 aliphatic carbocycles. The Bertz CT molecular complexity index is 1280. The molecular weight excluding hydrogens is 384 g/mol. The molecule has 0 saturated heterocycles. The molecular formula is C20H15F2N3O2S. The second-order valence-corrected chi connectivity index (χ2v) is 7.96. The van der Waals surface area contributed by atoms with E-state index in [4.69, 9.17) is 0 Å². The molecule has 0 atom stereocenters. The van der Waals surface area contributed by atoms with Crippen LogP contribution in [0, 0.1) is 18.6 Å². The lowest BCUT2D eigenvalue weighted by molar-refractivity contribution is 0.555. The van der Waals surface area contributed by atoms with Crippen LogP contribution in [0.3, 0.4) is 0 Å². The third kappa shape index (κ3) is 3.34. The van der Waals surface area contributed by atoms with Gasteiger partial charge in [-0.2, -0.15) is 0 Å². The average Bonchev–Trinajstić information content (AvgIpc) is 3.10. The molecule has 0 amide bonds. The van der Waals surface area contributed by atoms with Crippen molar-refractivity contribution in [3.8, 4) is 11.3 Å². The van der Waals surface area contributed by atoms with Crippen LogP contribution in [0.2, 0.25) is 0 Å². The number of aryl methyl sites for hydroxylation is 1. The lowest BCUT2D eigenvalue weighted by Crippen LogP contribution is -2.14. The highest BCUT2D eigenvalue weighted by Gasteiger charge is 2.20. The first kappa shape index (κ1) is 18.1. The van der Waals surface area contributed by atoms with E-state index in [-0.39, 0.29) is 5.69 Å². The maximum atomic E-state index is 13.8. The van der Waals surface area contributed by atoms with Crippen molar-refractivity contribution in [2.75, 3.05) is 4.72 Å². The summed E-state index contributed by atoms with van der Waals surface area (Å²) in [5, 5.41) is 0. The molecule has 4 aromatic rings. The van der Waals surface area contributed by atoms with E-state index in [1.54, 1.807) is 24.3 Å². The van der Waals surface area contributed by atoms with Gasteiger partial charge in [0, 0.05) is 23.6 Å². The lowest BCUT2D eigenvalue weighted by atomic mass is 10.1. The summed E-state index contributed by atoms with van der Waals surface area (Å²) in [5.41, 5.74) is 3.63. The molecule has 0 aliphatic rings. The van der Waals surface area contributed by atoms with Crippen LogP contribution in [-0.4, -0.2) is 17.8 Å². The third-order valence-electron chi connectivity index (χ3n) is 4.29. The Labute approximate surface area is 160 Å². The zero-order valence-electron chi connectivity index (χ0n) is 14.7. The summed E-state index contributed by atoms with van der Waals surface area (Å²) >= 11 is 0. The number of aromatic nitrogens is 2. The van der Waals surface area contributed by atoms with Gasteiger partial charge in [-0.3, -0.25) is 4.72 Å². The van der Waals surface area contributed by atoms with Crippen LogP contribution in [0.15, 0.2) is 71.9 Å². The first-order chi connectivity index (χ1) is 13.3. The van der Waals surface area contributed by atoms with Gasteiger partial charge in [-0.15, -0.1) is 0 Å². The van der Waals surface area contributed by atoms with E-state index in [9.17, 15) is 17.2 Å². The minimum absolute atomic E-state index is 0.229. The molecule has 8 heteroatoms. The fourth-order valence-corrected chi connectivity index (χ4v) is 4.04. The van der Waals surface area contributed by atoms with Gasteiger partial charge in [0.25, 0.3) is 10.0 Å². The molecule has 142 valence electrons. The average molecular weight is 399 g/mol. The van der Waals surface area contributed by atoms with E-state index in [0.29, 0.717) is 6.07 Å². The lowest BCUT2D eigenvalue weighted by Gasteiger charge is -2.09. The maximum absolute atomic E-state index is 13.8. The van der Waals surface area contributed by atoms with E-state index in [1.165, 1.54) is 0 Å². The predicted molar refractivity (Wildman–Crippen MR) is 103 cm³/mol. The fourth-order valence-electron chi connectivity index (χ4n) is 2.90. The highest BCUT2D eigenvalue weighted by molar-refractivity contribution is 7.92. The molecule has 0 saturated carbocycles. The van der Waals surface area contributed by atoms with Crippen molar-refractivity contribution in [3.63, 3.8) is 0 Å². The van der Waals surface area contributed by atoms with E-state index >= 15 is 0 Å². The zero-order valence-corrected chi connectivity index (χ0v) is 15.5. The molecule has 0 unspecified atom stereocenters. The van der Waals surface area contributed by atoms with Gasteiger partial charge in [-0.05, 0) is 48.9 Å². The van der Waals surface area contributed by atoms with Crippen molar-refractivity contribution >= 4 is 21.4 Å². The Morgan fingerprint density at radius 3 is 2.50 bits per heavy atom. The van der Waals surface area contributed by atoms with Gasteiger partial charge in [0.05, 0.1) is 5.69 Å². The van der Waals surface area contributed by atoms with Gasteiger partial charge in [0.15, 0.2) is 0 Å². The summed E-state index contributed by atoms with van der Waals surface area (Å²) in [7, 11) is -4.25. The second kappa shape index (κ2) is 6.72. The van der Waals surface area contributed by atoms with Gasteiger partial charge >= 0.3 is 0 Å². The summed E-state index contributed by atoms with van der Waals surface area (Å²) in [6.07, 6.45) is 3.78. The number of sulfonamides is 1. The molecule has 4 rings (SSSR count). The van der Waals surface area contributed by atoms with Crippen LogP contribution in [-0.2, 0) is 10.0 Å². The summed E-state index contributed by atoms with van der Waals surface area (Å²) in [6, 6.07) is 12.7. The third-order valence-corrected chi connectivity index (χ3v) is 5.69. The molecule has 0 bridgehead atoms. The predicted octanol–water partition coefficient (Wildman–Crippen LogP) is 4.39. The number of hydrogen-bond donors (Lipinski definition) is 1. The van der Waals surface area contributed by atoms with Crippen LogP contribution >= 0.6 is 0 Å². The highest BCUT2D eigenvalue weighted by atomic mass is 32.2. The molecule has 1 N–H and O–H groups in total. The smallest absolute Gasteiger partial charge is 0.264 e. The summed E-state index contributed by atoms with van der Waals surface area (Å²) in [6.45, 7) is 1.97. The van der Waals surface area contributed by atoms with Crippen molar-refractivity contribution < 1.29 is 17.2 Å². The first-order valence-electron chi connectivity index (χ1n) is 8.36. The zero-order chi connectivity index (χ0) is 19.9. The van der Waals surface area contributed by atoms with Crippen molar-refractivity contribution in [2.24, 2.45) is 0 Å². The molecule has 28 heavy (non-hydrogen) atoms. The Hall–Kier alpha value is -3.26. The summed E-state index contributed by atoms with van der Waals surface area (Å²) in [5.74, 6) is -1.86. The van der Waals surface area contributed by atoms with E-state index < -0.39 is 26.6 Å². The summed E-state index contributed by atoms with van der Waals surface area (Å²) in [4.78, 5) is 3.85. The van der Waals surface area contributed by atoms with Crippen molar-refractivity contribution in [1.29, 1.82) is 0 Å². The molecule has 0 fully saturated rings. The number of benzene rings is 2. The SMILES string of the molecule is Cc1cccn2cc(-c3ccc(NS(=O)(=O)c4cc(F)ccc4F)cc3)nc12. The van der Waals surface area contributed by atoms with Crippen LogP contribution < -0.4 is 4.72 Å². The Kier molecular flexibility index (Phi) is 4.35. The van der Waals surface area contributed by atoms with E-state index in [1.807, 2.05) is 35.9 Å². The Morgan fingerprint density at radius 1 is 1.04 bits per heavy atom. The molecule has 0 aliphatic heterocycles. The van der Waals surface area contributed by atoms with E-state index in [2.05, 4.69) is 9.71 Å². The monoisotopic (exact) mass is 399 g/mol. The molecule has 2 heterocycles. The number of halogens is 2. The minimum Gasteiger partial charge on any atom is -0.306 e. The van der Waals surface area contributed by atoms with E-state index in [0.717, 1.165) is 34.6 Å². The molecule has 0 spiro atoms. The molecule has 2 aromatic carbocycles. The highest BCUT2D eigenvalue weighted by Crippen LogP contribution is 2.24. The number of anilines is 1. The number of nitrogens with one attached hydrogen (secondary N) is 1. The van der Waals surface area contributed by atoms with Crippen LogP contribution in [0.25, 0.3) is 16.9 Å². The standard InChI is InChI=1S/C20H15F2N3O2S/c1-13-3-2-10-25-12-18(23-20(13)25)14-4-7-16(8-5-14)24-28(26,27)19-11-15(21)6-9-17(19)22/h2-12,24H,1H3. The number of rotatable bonds is 4. The summed E-state index contributed by atoms with van der Waals surface area (Å²) < 4.78 is 56.0. The van der Waals surface area contributed by atoms with Crippen LogP contribution in [0.4, 0.5) is 14.5 Å². The topological polar surface area (TPSA) is 63.5 Å². The fraction of sp³-hybridized carbons (Fsp3) is 0.0500. The van der Waals surface area contributed by atoms with Gasteiger partial charge in [-0.25, -0.2) is 22.2 Å². The van der Waals surface area contributed by atoms with Crippen LogP contribution in [0.5, 0.6) is 0 Å². The van der Waals surface area contributed by atoms with Gasteiger partial charge in [0.2, 0.25) is 0 Å². The molecule has 0 radical (unpaired) electrons.